The Hall–Kier alpha value is -2.34. The summed E-state index contributed by atoms with van der Waals surface area (Å²) in [6, 6.07) is 12.3. The molecule has 0 bridgehead atoms. The quantitative estimate of drug-likeness (QED) is 0.827. The van der Waals surface area contributed by atoms with Gasteiger partial charge in [-0.1, -0.05) is 30.4 Å². The molecule has 1 aromatic carbocycles. The molecule has 3 rings (SSSR count). The average molecular weight is 249 g/mol. The van der Waals surface area contributed by atoms with Crippen LogP contribution in [0, 0.1) is 11.3 Å². The van der Waals surface area contributed by atoms with Crippen molar-refractivity contribution in [1.29, 1.82) is 5.26 Å². The van der Waals surface area contributed by atoms with Crippen LogP contribution in [0.25, 0.3) is 10.9 Å². The lowest BCUT2D eigenvalue weighted by molar-refractivity contribution is 0.642. The molecular formula is C16H15N3. The van der Waals surface area contributed by atoms with E-state index in [4.69, 9.17) is 0 Å². The summed E-state index contributed by atoms with van der Waals surface area (Å²) in [5.74, 6) is 0.801. The highest BCUT2D eigenvalue weighted by atomic mass is 15.0. The lowest BCUT2D eigenvalue weighted by Gasteiger charge is -2.20. The van der Waals surface area contributed by atoms with Gasteiger partial charge in [0.25, 0.3) is 0 Å². The highest BCUT2D eigenvalue weighted by Crippen LogP contribution is 2.22. The first kappa shape index (κ1) is 11.7. The van der Waals surface area contributed by atoms with Crippen molar-refractivity contribution in [3.8, 4) is 6.07 Å². The Balaban J connectivity index is 1.96. The molecule has 0 saturated heterocycles. The molecule has 0 fully saturated rings. The number of anilines is 1. The Bertz CT molecular complexity index is 667. The van der Waals surface area contributed by atoms with Gasteiger partial charge in [-0.2, -0.15) is 5.26 Å². The van der Waals surface area contributed by atoms with E-state index in [-0.39, 0.29) is 0 Å². The Morgan fingerprint density at radius 3 is 2.95 bits per heavy atom. The van der Waals surface area contributed by atoms with Crippen molar-refractivity contribution in [2.24, 2.45) is 0 Å². The van der Waals surface area contributed by atoms with Crippen molar-refractivity contribution >= 4 is 16.7 Å². The number of nitriles is 1. The molecule has 2 aromatic rings. The number of pyridine rings is 1. The van der Waals surface area contributed by atoms with Crippen LogP contribution in [0.4, 0.5) is 5.82 Å². The third-order valence-corrected chi connectivity index (χ3v) is 3.46. The van der Waals surface area contributed by atoms with Crippen molar-refractivity contribution in [3.05, 3.63) is 48.0 Å². The van der Waals surface area contributed by atoms with Crippen LogP contribution in [-0.2, 0) is 0 Å². The van der Waals surface area contributed by atoms with E-state index in [2.05, 4.69) is 28.5 Å². The maximum atomic E-state index is 9.25. The summed E-state index contributed by atoms with van der Waals surface area (Å²) >= 11 is 0. The smallest absolute Gasteiger partial charge is 0.128 e. The molecule has 1 N–H and O–H groups in total. The standard InChI is InChI=1S/C16H15N3/c17-11-12-10-16(18-13-6-2-1-3-7-13)19-15-9-5-4-8-14(12)15/h1-2,4-5,8-10,13H,3,6-7H2,(H,18,19). The maximum absolute atomic E-state index is 9.25. The number of para-hydroxylation sites is 1. The second-order valence-corrected chi connectivity index (χ2v) is 4.81. The zero-order valence-corrected chi connectivity index (χ0v) is 10.6. The number of fused-ring (bicyclic) bond motifs is 1. The maximum Gasteiger partial charge on any atom is 0.128 e. The molecule has 0 amide bonds. The normalized spacial score (nSPS) is 18.2. The highest BCUT2D eigenvalue weighted by molar-refractivity contribution is 5.86. The van der Waals surface area contributed by atoms with Crippen LogP contribution in [0.3, 0.4) is 0 Å². The van der Waals surface area contributed by atoms with Gasteiger partial charge in [-0.15, -0.1) is 0 Å². The van der Waals surface area contributed by atoms with Crippen LogP contribution in [0.5, 0.6) is 0 Å². The Kier molecular flexibility index (Phi) is 3.16. The molecule has 0 spiro atoms. The van der Waals surface area contributed by atoms with Crippen LogP contribution in [0.15, 0.2) is 42.5 Å². The molecule has 1 aliphatic rings. The van der Waals surface area contributed by atoms with Crippen molar-refractivity contribution in [2.75, 3.05) is 5.32 Å². The molecule has 3 heteroatoms. The molecule has 94 valence electrons. The van der Waals surface area contributed by atoms with E-state index in [0.717, 1.165) is 36.0 Å². The van der Waals surface area contributed by atoms with Gasteiger partial charge in [0.15, 0.2) is 0 Å². The Labute approximate surface area is 112 Å². The van der Waals surface area contributed by atoms with Gasteiger partial charge in [0, 0.05) is 11.4 Å². The van der Waals surface area contributed by atoms with Crippen LogP contribution >= 0.6 is 0 Å². The predicted molar refractivity (Wildman–Crippen MR) is 76.9 cm³/mol. The third kappa shape index (κ3) is 2.43. The minimum absolute atomic E-state index is 0.421. The van der Waals surface area contributed by atoms with E-state index in [1.54, 1.807) is 0 Å². The minimum Gasteiger partial charge on any atom is -0.367 e. The van der Waals surface area contributed by atoms with E-state index in [9.17, 15) is 5.26 Å². The molecule has 1 heterocycles. The van der Waals surface area contributed by atoms with Crippen molar-refractivity contribution in [3.63, 3.8) is 0 Å². The van der Waals surface area contributed by atoms with Gasteiger partial charge in [0.05, 0.1) is 17.1 Å². The Morgan fingerprint density at radius 2 is 2.16 bits per heavy atom. The van der Waals surface area contributed by atoms with E-state index in [1.807, 2.05) is 30.3 Å². The van der Waals surface area contributed by atoms with Gasteiger partial charge in [-0.3, -0.25) is 0 Å². The van der Waals surface area contributed by atoms with Crippen LogP contribution in [-0.4, -0.2) is 11.0 Å². The molecule has 3 nitrogen and oxygen atoms in total. The number of hydrogen-bond acceptors (Lipinski definition) is 3. The van der Waals surface area contributed by atoms with E-state index in [0.29, 0.717) is 11.6 Å². The number of nitrogens with zero attached hydrogens (tertiary/aromatic N) is 2. The highest BCUT2D eigenvalue weighted by Gasteiger charge is 2.11. The number of allylic oxidation sites excluding steroid dienone is 1. The zero-order chi connectivity index (χ0) is 13.1. The molecule has 1 unspecified atom stereocenters. The average Bonchev–Trinajstić information content (AvgIpc) is 2.47. The number of nitrogens with one attached hydrogen (secondary N) is 1. The number of aromatic nitrogens is 1. The van der Waals surface area contributed by atoms with Gasteiger partial charge in [-0.25, -0.2) is 4.98 Å². The van der Waals surface area contributed by atoms with Gasteiger partial charge in [0.1, 0.15) is 5.82 Å². The van der Waals surface area contributed by atoms with E-state index < -0.39 is 0 Å². The first-order chi connectivity index (χ1) is 9.36. The first-order valence-corrected chi connectivity index (χ1v) is 6.58. The fraction of sp³-hybridized carbons (Fsp3) is 0.250. The molecule has 1 aliphatic carbocycles. The van der Waals surface area contributed by atoms with Gasteiger partial charge >= 0.3 is 0 Å². The summed E-state index contributed by atoms with van der Waals surface area (Å²) in [6.45, 7) is 0. The van der Waals surface area contributed by atoms with Crippen LogP contribution in [0.2, 0.25) is 0 Å². The van der Waals surface area contributed by atoms with Gasteiger partial charge < -0.3 is 5.32 Å². The molecule has 19 heavy (non-hydrogen) atoms. The monoisotopic (exact) mass is 249 g/mol. The fourth-order valence-electron chi connectivity index (χ4n) is 2.48. The molecular weight excluding hydrogens is 234 g/mol. The molecule has 0 radical (unpaired) electrons. The van der Waals surface area contributed by atoms with Gasteiger partial charge in [-0.05, 0) is 31.4 Å². The lowest BCUT2D eigenvalue weighted by Crippen LogP contribution is -2.21. The van der Waals surface area contributed by atoms with Gasteiger partial charge in [0.2, 0.25) is 0 Å². The fourth-order valence-corrected chi connectivity index (χ4v) is 2.48. The summed E-state index contributed by atoms with van der Waals surface area (Å²) in [7, 11) is 0. The SMILES string of the molecule is N#Cc1cc(NC2CC=CCC2)nc2ccccc12. The molecule has 0 saturated carbocycles. The number of benzene rings is 1. The minimum atomic E-state index is 0.421. The van der Waals surface area contributed by atoms with E-state index in [1.165, 1.54) is 0 Å². The predicted octanol–water partition coefficient (Wildman–Crippen LogP) is 3.63. The topological polar surface area (TPSA) is 48.7 Å². The lowest BCUT2D eigenvalue weighted by atomic mass is 10.0. The second-order valence-electron chi connectivity index (χ2n) is 4.81. The molecule has 0 aliphatic heterocycles. The van der Waals surface area contributed by atoms with Crippen LogP contribution < -0.4 is 5.32 Å². The number of rotatable bonds is 2. The first-order valence-electron chi connectivity index (χ1n) is 6.58. The number of hydrogen-bond donors (Lipinski definition) is 1. The summed E-state index contributed by atoms with van der Waals surface area (Å²) < 4.78 is 0. The van der Waals surface area contributed by atoms with Crippen molar-refractivity contribution in [2.45, 2.75) is 25.3 Å². The molecule has 1 aromatic heterocycles. The summed E-state index contributed by atoms with van der Waals surface area (Å²) in [6.07, 6.45) is 7.67. The van der Waals surface area contributed by atoms with Crippen LogP contribution in [0.1, 0.15) is 24.8 Å². The second kappa shape index (κ2) is 5.11. The summed E-state index contributed by atoms with van der Waals surface area (Å²) in [5, 5.41) is 13.6. The third-order valence-electron chi connectivity index (χ3n) is 3.46. The molecule has 1 atom stereocenters. The van der Waals surface area contributed by atoms with Crippen molar-refractivity contribution < 1.29 is 0 Å². The largest absolute Gasteiger partial charge is 0.367 e. The Morgan fingerprint density at radius 1 is 1.26 bits per heavy atom. The van der Waals surface area contributed by atoms with Crippen molar-refractivity contribution in [1.82, 2.24) is 4.98 Å². The summed E-state index contributed by atoms with van der Waals surface area (Å²) in [4.78, 5) is 4.59. The van der Waals surface area contributed by atoms with E-state index >= 15 is 0 Å². The summed E-state index contributed by atoms with van der Waals surface area (Å²) in [5.41, 5.74) is 1.55. The zero-order valence-electron chi connectivity index (χ0n) is 10.6.